The molecule has 0 aromatic heterocycles. The van der Waals surface area contributed by atoms with Crippen LogP contribution in [0.4, 0.5) is 4.39 Å². The molecule has 0 radical (unpaired) electrons. The van der Waals surface area contributed by atoms with Gasteiger partial charge in [-0.3, -0.25) is 4.90 Å². The van der Waals surface area contributed by atoms with Crippen LogP contribution in [-0.2, 0) is 6.54 Å². The SMILES string of the molecule is CN(C)CC1CCN(Cc2cc(F)cc(C(=O)O)c2)CC1. The quantitative estimate of drug-likeness (QED) is 0.905. The number of rotatable bonds is 5. The molecular weight excluding hydrogens is 271 g/mol. The van der Waals surface area contributed by atoms with Crippen LogP contribution in [-0.4, -0.2) is 54.6 Å². The van der Waals surface area contributed by atoms with Crippen molar-refractivity contribution in [2.24, 2.45) is 5.92 Å². The maximum absolute atomic E-state index is 13.5. The Balaban J connectivity index is 1.93. The Kier molecular flexibility index (Phi) is 5.31. The van der Waals surface area contributed by atoms with Gasteiger partial charge in [0.2, 0.25) is 0 Å². The fourth-order valence-corrected chi connectivity index (χ4v) is 2.97. The van der Waals surface area contributed by atoms with Gasteiger partial charge in [-0.15, -0.1) is 0 Å². The predicted octanol–water partition coefficient (Wildman–Crippen LogP) is 2.30. The highest BCUT2D eigenvalue weighted by Gasteiger charge is 2.20. The molecule has 1 aromatic carbocycles. The van der Waals surface area contributed by atoms with Crippen LogP contribution in [0.1, 0.15) is 28.8 Å². The number of hydrogen-bond donors (Lipinski definition) is 1. The van der Waals surface area contributed by atoms with E-state index in [9.17, 15) is 9.18 Å². The maximum atomic E-state index is 13.5. The van der Waals surface area contributed by atoms with Crippen LogP contribution in [0.5, 0.6) is 0 Å². The number of aromatic carboxylic acids is 1. The van der Waals surface area contributed by atoms with Crippen LogP contribution in [0.15, 0.2) is 18.2 Å². The van der Waals surface area contributed by atoms with Gasteiger partial charge in [0.15, 0.2) is 0 Å². The van der Waals surface area contributed by atoms with Crippen LogP contribution in [0.3, 0.4) is 0 Å². The Morgan fingerprint density at radius 1 is 1.33 bits per heavy atom. The van der Waals surface area contributed by atoms with E-state index in [1.807, 2.05) is 0 Å². The molecule has 0 aliphatic carbocycles. The molecule has 1 N–H and O–H groups in total. The number of carboxylic acid groups (broad SMARTS) is 1. The van der Waals surface area contributed by atoms with Gasteiger partial charge in [-0.05, 0) is 69.7 Å². The highest BCUT2D eigenvalue weighted by Crippen LogP contribution is 2.20. The lowest BCUT2D eigenvalue weighted by Crippen LogP contribution is -2.36. The summed E-state index contributed by atoms with van der Waals surface area (Å²) >= 11 is 0. The first kappa shape index (κ1) is 15.9. The third kappa shape index (κ3) is 4.79. The zero-order valence-electron chi connectivity index (χ0n) is 12.7. The Labute approximate surface area is 125 Å². The molecule has 4 nitrogen and oxygen atoms in total. The molecule has 2 rings (SSSR count). The number of carboxylic acids is 1. The second-order valence-corrected chi connectivity index (χ2v) is 6.14. The average molecular weight is 294 g/mol. The minimum Gasteiger partial charge on any atom is -0.478 e. The topological polar surface area (TPSA) is 43.8 Å². The molecule has 1 aromatic rings. The van der Waals surface area contributed by atoms with Crippen molar-refractivity contribution >= 4 is 5.97 Å². The summed E-state index contributed by atoms with van der Waals surface area (Å²) in [6, 6.07) is 4.06. The minimum atomic E-state index is -1.08. The van der Waals surface area contributed by atoms with Gasteiger partial charge in [-0.25, -0.2) is 9.18 Å². The smallest absolute Gasteiger partial charge is 0.335 e. The summed E-state index contributed by atoms with van der Waals surface area (Å²) in [5, 5.41) is 8.97. The number of likely N-dealkylation sites (tertiary alicyclic amines) is 1. The zero-order chi connectivity index (χ0) is 15.4. The molecule has 5 heteroatoms. The highest BCUT2D eigenvalue weighted by molar-refractivity contribution is 5.87. The third-order valence-corrected chi connectivity index (χ3v) is 3.94. The van der Waals surface area contributed by atoms with E-state index in [1.165, 1.54) is 6.07 Å². The summed E-state index contributed by atoms with van der Waals surface area (Å²) in [7, 11) is 4.18. The number of hydrogen-bond acceptors (Lipinski definition) is 3. The number of nitrogens with zero attached hydrogens (tertiary/aromatic N) is 2. The minimum absolute atomic E-state index is 0.0208. The standard InChI is InChI=1S/C16H23FN2O2/c1-18(2)10-12-3-5-19(6-4-12)11-13-7-14(16(20)21)9-15(17)8-13/h7-9,12H,3-6,10-11H2,1-2H3,(H,20,21). The number of carbonyl (C=O) groups is 1. The van der Waals surface area contributed by atoms with E-state index in [1.54, 1.807) is 6.07 Å². The second kappa shape index (κ2) is 7.00. The molecular formula is C16H23FN2O2. The molecule has 1 saturated heterocycles. The van der Waals surface area contributed by atoms with E-state index in [2.05, 4.69) is 23.9 Å². The van der Waals surface area contributed by atoms with Crippen LogP contribution in [0, 0.1) is 11.7 Å². The monoisotopic (exact) mass is 294 g/mol. The Morgan fingerprint density at radius 3 is 2.57 bits per heavy atom. The van der Waals surface area contributed by atoms with E-state index in [4.69, 9.17) is 5.11 Å². The van der Waals surface area contributed by atoms with Crippen molar-refractivity contribution in [3.63, 3.8) is 0 Å². The molecule has 0 atom stereocenters. The van der Waals surface area contributed by atoms with E-state index < -0.39 is 11.8 Å². The summed E-state index contributed by atoms with van der Waals surface area (Å²) in [5.41, 5.74) is 0.756. The van der Waals surface area contributed by atoms with E-state index >= 15 is 0 Å². The van der Waals surface area contributed by atoms with Crippen molar-refractivity contribution in [1.29, 1.82) is 0 Å². The Bertz CT molecular complexity index is 497. The molecule has 0 spiro atoms. The normalized spacial score (nSPS) is 17.3. The number of benzene rings is 1. The van der Waals surface area contributed by atoms with E-state index in [0.717, 1.165) is 50.0 Å². The molecule has 0 amide bonds. The Morgan fingerprint density at radius 2 is 2.00 bits per heavy atom. The van der Waals surface area contributed by atoms with E-state index in [0.29, 0.717) is 6.54 Å². The summed E-state index contributed by atoms with van der Waals surface area (Å²) in [6.45, 7) is 3.69. The van der Waals surface area contributed by atoms with Crippen LogP contribution in [0.25, 0.3) is 0 Å². The van der Waals surface area contributed by atoms with Gasteiger partial charge < -0.3 is 10.0 Å². The van der Waals surface area contributed by atoms with Crippen molar-refractivity contribution in [3.05, 3.63) is 35.1 Å². The summed E-state index contributed by atoms with van der Waals surface area (Å²) < 4.78 is 13.5. The third-order valence-electron chi connectivity index (χ3n) is 3.94. The second-order valence-electron chi connectivity index (χ2n) is 6.14. The Hall–Kier alpha value is -1.46. The molecule has 1 heterocycles. The molecule has 0 bridgehead atoms. The van der Waals surface area contributed by atoms with Gasteiger partial charge in [-0.1, -0.05) is 0 Å². The largest absolute Gasteiger partial charge is 0.478 e. The lowest BCUT2D eigenvalue weighted by molar-refractivity contribution is 0.0696. The molecule has 0 saturated carbocycles. The molecule has 21 heavy (non-hydrogen) atoms. The molecule has 0 unspecified atom stereocenters. The van der Waals surface area contributed by atoms with Gasteiger partial charge in [0.1, 0.15) is 5.82 Å². The van der Waals surface area contributed by atoms with Gasteiger partial charge in [-0.2, -0.15) is 0 Å². The number of piperidine rings is 1. The summed E-state index contributed by atoms with van der Waals surface area (Å²) in [5.74, 6) is -0.842. The summed E-state index contributed by atoms with van der Waals surface area (Å²) in [4.78, 5) is 15.4. The maximum Gasteiger partial charge on any atom is 0.335 e. The first-order valence-corrected chi connectivity index (χ1v) is 7.34. The van der Waals surface area contributed by atoms with Crippen molar-refractivity contribution < 1.29 is 14.3 Å². The van der Waals surface area contributed by atoms with Gasteiger partial charge >= 0.3 is 5.97 Å². The molecule has 1 fully saturated rings. The average Bonchev–Trinajstić information content (AvgIpc) is 2.39. The van der Waals surface area contributed by atoms with Crippen LogP contribution in [0.2, 0.25) is 0 Å². The van der Waals surface area contributed by atoms with Crippen LogP contribution >= 0.6 is 0 Å². The van der Waals surface area contributed by atoms with Crippen molar-refractivity contribution in [1.82, 2.24) is 9.80 Å². The lowest BCUT2D eigenvalue weighted by Gasteiger charge is -2.33. The lowest BCUT2D eigenvalue weighted by atomic mass is 9.96. The zero-order valence-corrected chi connectivity index (χ0v) is 12.7. The van der Waals surface area contributed by atoms with Crippen molar-refractivity contribution in [3.8, 4) is 0 Å². The first-order chi connectivity index (χ1) is 9.94. The van der Waals surface area contributed by atoms with Gasteiger partial charge in [0.25, 0.3) is 0 Å². The van der Waals surface area contributed by atoms with Gasteiger partial charge in [0, 0.05) is 13.1 Å². The molecule has 1 aliphatic heterocycles. The van der Waals surface area contributed by atoms with Crippen LogP contribution < -0.4 is 0 Å². The fourth-order valence-electron chi connectivity index (χ4n) is 2.97. The fraction of sp³-hybridized carbons (Fsp3) is 0.562. The molecule has 116 valence electrons. The highest BCUT2D eigenvalue weighted by atomic mass is 19.1. The first-order valence-electron chi connectivity index (χ1n) is 7.34. The van der Waals surface area contributed by atoms with E-state index in [-0.39, 0.29) is 5.56 Å². The molecule has 1 aliphatic rings. The van der Waals surface area contributed by atoms with Crippen molar-refractivity contribution in [2.45, 2.75) is 19.4 Å². The van der Waals surface area contributed by atoms with Crippen molar-refractivity contribution in [2.75, 3.05) is 33.7 Å². The van der Waals surface area contributed by atoms with Gasteiger partial charge in [0.05, 0.1) is 5.56 Å². The predicted molar refractivity (Wildman–Crippen MR) is 79.9 cm³/mol. The summed E-state index contributed by atoms with van der Waals surface area (Å²) in [6.07, 6.45) is 2.28. The number of halogens is 1.